The van der Waals surface area contributed by atoms with E-state index >= 15 is 0 Å². The molecule has 0 N–H and O–H groups in total. The van der Waals surface area contributed by atoms with E-state index in [0.717, 1.165) is 16.6 Å². The Morgan fingerprint density at radius 2 is 2.00 bits per heavy atom. The van der Waals surface area contributed by atoms with Crippen LogP contribution in [0, 0.1) is 5.82 Å². The number of pyridine rings is 2. The average Bonchev–Trinajstić information content (AvgIpc) is 2.84. The van der Waals surface area contributed by atoms with E-state index in [1.807, 2.05) is 6.92 Å². The van der Waals surface area contributed by atoms with Gasteiger partial charge in [-0.1, -0.05) is 25.5 Å². The number of carbonyl (C=O) groups is 2. The van der Waals surface area contributed by atoms with Crippen LogP contribution in [0.25, 0.3) is 17.2 Å². The van der Waals surface area contributed by atoms with Gasteiger partial charge in [0.15, 0.2) is 29.1 Å². The number of nitrogens with zero attached hydrogens (tertiary/aromatic N) is 2. The SMILES string of the molecule is CCCCOc1c(C(=O)OCC)c(=O)n2c3c(c(Cc4ccc(F)cc4)cnc13)OC(C=O)=C2. The first kappa shape index (κ1) is 23.2. The van der Waals surface area contributed by atoms with Crippen molar-refractivity contribution in [1.29, 1.82) is 0 Å². The van der Waals surface area contributed by atoms with Crippen LogP contribution in [0.4, 0.5) is 4.39 Å². The number of hydrogen-bond donors (Lipinski definition) is 0. The third-order valence-electron chi connectivity index (χ3n) is 5.32. The van der Waals surface area contributed by atoms with Crippen molar-refractivity contribution in [2.24, 2.45) is 0 Å². The molecule has 2 aromatic heterocycles. The number of benzene rings is 1. The highest BCUT2D eigenvalue weighted by molar-refractivity contribution is 6.01. The number of allylic oxidation sites excluding steroid dienone is 1. The summed E-state index contributed by atoms with van der Waals surface area (Å²) < 4.78 is 31.3. The zero-order valence-corrected chi connectivity index (χ0v) is 18.8. The first-order valence-electron chi connectivity index (χ1n) is 11.0. The lowest BCUT2D eigenvalue weighted by Crippen LogP contribution is -2.29. The fourth-order valence-corrected chi connectivity index (χ4v) is 3.70. The summed E-state index contributed by atoms with van der Waals surface area (Å²) >= 11 is 0. The van der Waals surface area contributed by atoms with E-state index in [0.29, 0.717) is 24.7 Å². The lowest BCUT2D eigenvalue weighted by molar-refractivity contribution is -0.106. The molecule has 0 bridgehead atoms. The molecule has 1 aliphatic heterocycles. The standard InChI is InChI=1S/C25H23FN2O6/c1-3-5-10-33-23-19(25(31)32-4-2)24(30)28-13-18(14-29)34-22-16(12-27-20(23)21(22)28)11-15-6-8-17(26)9-7-15/h6-9,12-14H,3-5,10-11H2,1-2H3. The maximum absolute atomic E-state index is 13.4. The van der Waals surface area contributed by atoms with E-state index in [2.05, 4.69) is 4.98 Å². The normalized spacial score (nSPS) is 12.1. The highest BCUT2D eigenvalue weighted by atomic mass is 19.1. The molecule has 0 unspecified atom stereocenters. The van der Waals surface area contributed by atoms with Crippen molar-refractivity contribution in [1.82, 2.24) is 9.55 Å². The van der Waals surface area contributed by atoms with E-state index in [-0.39, 0.29) is 52.9 Å². The molecule has 0 radical (unpaired) electrons. The van der Waals surface area contributed by atoms with Crippen molar-refractivity contribution in [3.05, 3.63) is 69.1 Å². The lowest BCUT2D eigenvalue weighted by Gasteiger charge is -2.22. The van der Waals surface area contributed by atoms with Crippen molar-refractivity contribution in [2.75, 3.05) is 13.2 Å². The maximum atomic E-state index is 13.4. The number of esters is 1. The van der Waals surface area contributed by atoms with Crippen molar-refractivity contribution < 1.29 is 28.2 Å². The smallest absolute Gasteiger partial charge is 0.347 e. The predicted molar refractivity (Wildman–Crippen MR) is 123 cm³/mol. The van der Waals surface area contributed by atoms with E-state index in [1.54, 1.807) is 19.1 Å². The average molecular weight is 466 g/mol. The van der Waals surface area contributed by atoms with Crippen LogP contribution in [0.2, 0.25) is 0 Å². The molecule has 9 heteroatoms. The molecule has 4 rings (SSSR count). The van der Waals surface area contributed by atoms with Crippen molar-refractivity contribution in [3.63, 3.8) is 0 Å². The van der Waals surface area contributed by atoms with Gasteiger partial charge in [0, 0.05) is 18.2 Å². The van der Waals surface area contributed by atoms with Gasteiger partial charge < -0.3 is 14.2 Å². The Morgan fingerprint density at radius 1 is 1.24 bits per heavy atom. The van der Waals surface area contributed by atoms with Crippen LogP contribution in [0.1, 0.15) is 48.2 Å². The molecule has 1 aliphatic rings. The van der Waals surface area contributed by atoms with Crippen molar-refractivity contribution >= 4 is 29.5 Å². The van der Waals surface area contributed by atoms with Crippen molar-refractivity contribution in [2.45, 2.75) is 33.1 Å². The molecule has 0 atom stereocenters. The summed E-state index contributed by atoms with van der Waals surface area (Å²) in [7, 11) is 0. The summed E-state index contributed by atoms with van der Waals surface area (Å²) in [6, 6.07) is 5.94. The van der Waals surface area contributed by atoms with Gasteiger partial charge >= 0.3 is 5.97 Å². The molecule has 8 nitrogen and oxygen atoms in total. The number of hydrogen-bond acceptors (Lipinski definition) is 7. The number of halogens is 1. The summed E-state index contributed by atoms with van der Waals surface area (Å²) in [5.74, 6) is -1.05. The van der Waals surface area contributed by atoms with Crippen LogP contribution >= 0.6 is 0 Å². The Hall–Kier alpha value is -4.01. The number of rotatable bonds is 9. The third-order valence-corrected chi connectivity index (χ3v) is 5.32. The Labute approximate surface area is 194 Å². The minimum Gasteiger partial charge on any atom is -0.490 e. The molecule has 34 heavy (non-hydrogen) atoms. The Bertz CT molecular complexity index is 1340. The minimum atomic E-state index is -0.837. The monoisotopic (exact) mass is 466 g/mol. The number of unbranched alkanes of at least 4 members (excludes halogenated alkanes) is 1. The Balaban J connectivity index is 1.97. The largest absolute Gasteiger partial charge is 0.490 e. The van der Waals surface area contributed by atoms with Gasteiger partial charge in [-0.3, -0.25) is 19.1 Å². The van der Waals surface area contributed by atoms with Crippen LogP contribution in [-0.2, 0) is 16.0 Å². The van der Waals surface area contributed by atoms with Gasteiger partial charge in [-0.25, -0.2) is 9.18 Å². The van der Waals surface area contributed by atoms with Gasteiger partial charge in [-0.05, 0) is 31.0 Å². The number of aldehydes is 1. The van der Waals surface area contributed by atoms with Gasteiger partial charge in [0.25, 0.3) is 5.56 Å². The second-order valence-electron chi connectivity index (χ2n) is 7.67. The molecular weight excluding hydrogens is 443 g/mol. The molecule has 0 saturated carbocycles. The second kappa shape index (κ2) is 9.86. The van der Waals surface area contributed by atoms with Gasteiger partial charge in [0.2, 0.25) is 0 Å². The molecule has 0 aliphatic carbocycles. The van der Waals surface area contributed by atoms with E-state index in [4.69, 9.17) is 14.2 Å². The van der Waals surface area contributed by atoms with Crippen LogP contribution in [0.15, 0.2) is 41.0 Å². The van der Waals surface area contributed by atoms with Crippen LogP contribution in [0.3, 0.4) is 0 Å². The fraction of sp³-hybridized carbons (Fsp3) is 0.280. The van der Waals surface area contributed by atoms with Crippen molar-refractivity contribution in [3.8, 4) is 11.5 Å². The Morgan fingerprint density at radius 3 is 2.68 bits per heavy atom. The second-order valence-corrected chi connectivity index (χ2v) is 7.67. The molecular formula is C25H23FN2O6. The highest BCUT2D eigenvalue weighted by Crippen LogP contribution is 2.38. The third kappa shape index (κ3) is 4.28. The number of carbonyl (C=O) groups excluding carboxylic acids is 2. The van der Waals surface area contributed by atoms with E-state index in [1.165, 1.54) is 24.5 Å². The van der Waals surface area contributed by atoms with Gasteiger partial charge in [-0.2, -0.15) is 0 Å². The van der Waals surface area contributed by atoms with E-state index < -0.39 is 11.5 Å². The number of ether oxygens (including phenoxy) is 3. The molecule has 3 aromatic rings. The molecule has 0 fully saturated rings. The maximum Gasteiger partial charge on any atom is 0.347 e. The summed E-state index contributed by atoms with van der Waals surface area (Å²) in [4.78, 5) is 42.3. The quantitative estimate of drug-likeness (QED) is 0.268. The molecule has 0 saturated heterocycles. The summed E-state index contributed by atoms with van der Waals surface area (Å²) in [5, 5.41) is 0. The molecule has 0 spiro atoms. The summed E-state index contributed by atoms with van der Waals surface area (Å²) in [6.45, 7) is 3.96. The fourth-order valence-electron chi connectivity index (χ4n) is 3.70. The number of aromatic nitrogens is 2. The Kier molecular flexibility index (Phi) is 6.72. The summed E-state index contributed by atoms with van der Waals surface area (Å²) in [5.41, 5.74) is 0.859. The first-order chi connectivity index (χ1) is 16.5. The zero-order chi connectivity index (χ0) is 24.2. The highest BCUT2D eigenvalue weighted by Gasteiger charge is 2.30. The zero-order valence-electron chi connectivity index (χ0n) is 18.8. The van der Waals surface area contributed by atoms with Crippen LogP contribution in [0.5, 0.6) is 11.5 Å². The van der Waals surface area contributed by atoms with Gasteiger partial charge in [0.1, 0.15) is 16.9 Å². The first-order valence-corrected chi connectivity index (χ1v) is 11.0. The topological polar surface area (TPSA) is 96.7 Å². The molecule has 0 amide bonds. The lowest BCUT2D eigenvalue weighted by atomic mass is 10.0. The van der Waals surface area contributed by atoms with E-state index in [9.17, 15) is 18.8 Å². The molecule has 176 valence electrons. The summed E-state index contributed by atoms with van der Waals surface area (Å²) in [6.07, 6.45) is 5.08. The van der Waals surface area contributed by atoms with Gasteiger partial charge in [-0.15, -0.1) is 0 Å². The van der Waals surface area contributed by atoms with Crippen LogP contribution < -0.4 is 15.0 Å². The van der Waals surface area contributed by atoms with Crippen LogP contribution in [-0.4, -0.2) is 35.0 Å². The molecule has 3 heterocycles. The molecule has 1 aromatic carbocycles. The predicted octanol–water partition coefficient (Wildman–Crippen LogP) is 3.87. The van der Waals surface area contributed by atoms with Gasteiger partial charge in [0.05, 0.1) is 19.4 Å². The minimum absolute atomic E-state index is 0.0179.